The lowest BCUT2D eigenvalue weighted by Crippen LogP contribution is -2.67. The first-order valence-corrected chi connectivity index (χ1v) is 7.04. The Labute approximate surface area is 118 Å². The average molecular weight is 295 g/mol. The van der Waals surface area contributed by atoms with Crippen molar-refractivity contribution in [3.8, 4) is 0 Å². The van der Waals surface area contributed by atoms with Gasteiger partial charge in [0.2, 0.25) is 5.95 Å². The minimum atomic E-state index is -1.11. The van der Waals surface area contributed by atoms with Gasteiger partial charge in [-0.05, 0) is 5.57 Å². The second-order valence-electron chi connectivity index (χ2n) is 4.43. The van der Waals surface area contributed by atoms with E-state index in [4.69, 9.17) is 5.73 Å². The molecule has 1 saturated heterocycles. The SMILES string of the molecule is NCC1=C(C(=O)O)N2C(=O)C(Nc3ncc[nH]3)[C@H]2SC1. The lowest BCUT2D eigenvalue weighted by atomic mass is 10.0. The van der Waals surface area contributed by atoms with Crippen LogP contribution in [0.15, 0.2) is 23.7 Å². The molecule has 1 aromatic rings. The van der Waals surface area contributed by atoms with Crippen molar-refractivity contribution in [2.45, 2.75) is 11.4 Å². The molecule has 106 valence electrons. The largest absolute Gasteiger partial charge is 0.477 e. The van der Waals surface area contributed by atoms with Crippen LogP contribution in [0.1, 0.15) is 0 Å². The Morgan fingerprint density at radius 1 is 1.70 bits per heavy atom. The molecule has 20 heavy (non-hydrogen) atoms. The molecule has 0 bridgehead atoms. The zero-order valence-corrected chi connectivity index (χ0v) is 11.2. The highest BCUT2D eigenvalue weighted by atomic mass is 32.2. The number of carbonyl (C=O) groups is 2. The first-order chi connectivity index (χ1) is 9.63. The van der Waals surface area contributed by atoms with Crippen molar-refractivity contribution in [1.82, 2.24) is 14.9 Å². The summed E-state index contributed by atoms with van der Waals surface area (Å²) < 4.78 is 0. The van der Waals surface area contributed by atoms with Crippen LogP contribution in [-0.4, -0.2) is 55.6 Å². The molecule has 8 nitrogen and oxygen atoms in total. The summed E-state index contributed by atoms with van der Waals surface area (Å²) in [5.41, 5.74) is 6.16. The van der Waals surface area contributed by atoms with Gasteiger partial charge in [-0.2, -0.15) is 0 Å². The van der Waals surface area contributed by atoms with Crippen LogP contribution in [0.25, 0.3) is 0 Å². The van der Waals surface area contributed by atoms with Gasteiger partial charge >= 0.3 is 5.97 Å². The molecule has 2 atom stereocenters. The van der Waals surface area contributed by atoms with E-state index in [1.54, 1.807) is 12.4 Å². The lowest BCUT2D eigenvalue weighted by Gasteiger charge is -2.49. The van der Waals surface area contributed by atoms with Gasteiger partial charge in [0.1, 0.15) is 17.1 Å². The normalized spacial score (nSPS) is 25.2. The number of nitrogens with zero attached hydrogens (tertiary/aromatic N) is 2. The van der Waals surface area contributed by atoms with E-state index in [2.05, 4.69) is 15.3 Å². The van der Waals surface area contributed by atoms with E-state index in [1.807, 2.05) is 0 Å². The fourth-order valence-corrected chi connectivity index (χ4v) is 3.69. The van der Waals surface area contributed by atoms with Crippen LogP contribution in [0.5, 0.6) is 0 Å². The van der Waals surface area contributed by atoms with Gasteiger partial charge in [-0.25, -0.2) is 9.78 Å². The number of aromatic nitrogens is 2. The van der Waals surface area contributed by atoms with Gasteiger partial charge in [-0.3, -0.25) is 9.69 Å². The minimum absolute atomic E-state index is 0.0266. The molecule has 2 aliphatic heterocycles. The van der Waals surface area contributed by atoms with Gasteiger partial charge in [0.05, 0.1) is 0 Å². The van der Waals surface area contributed by atoms with E-state index in [-0.39, 0.29) is 23.5 Å². The number of imidazole rings is 1. The molecular weight excluding hydrogens is 282 g/mol. The third-order valence-electron chi connectivity index (χ3n) is 3.29. The molecule has 0 aromatic carbocycles. The Bertz CT molecular complexity index is 585. The van der Waals surface area contributed by atoms with E-state index in [1.165, 1.54) is 16.7 Å². The van der Waals surface area contributed by atoms with E-state index in [0.29, 0.717) is 17.3 Å². The zero-order chi connectivity index (χ0) is 14.3. The van der Waals surface area contributed by atoms with Crippen LogP contribution >= 0.6 is 11.8 Å². The summed E-state index contributed by atoms with van der Waals surface area (Å²) in [5.74, 6) is -0.375. The van der Waals surface area contributed by atoms with Crippen LogP contribution in [0, 0.1) is 0 Å². The molecule has 1 fully saturated rings. The van der Waals surface area contributed by atoms with Crippen LogP contribution in [0.2, 0.25) is 0 Å². The van der Waals surface area contributed by atoms with Gasteiger partial charge in [0, 0.05) is 24.7 Å². The second kappa shape index (κ2) is 4.84. The lowest BCUT2D eigenvalue weighted by molar-refractivity contribution is -0.147. The predicted octanol–water partition coefficient (Wildman–Crippen LogP) is -0.597. The smallest absolute Gasteiger partial charge is 0.352 e. The molecule has 0 radical (unpaired) electrons. The number of anilines is 1. The number of carbonyl (C=O) groups excluding carboxylic acids is 1. The van der Waals surface area contributed by atoms with E-state index >= 15 is 0 Å². The Kier molecular flexibility index (Phi) is 3.14. The number of thioether (sulfide) groups is 1. The van der Waals surface area contributed by atoms with Gasteiger partial charge < -0.3 is 21.1 Å². The van der Waals surface area contributed by atoms with Crippen molar-refractivity contribution in [2.75, 3.05) is 17.6 Å². The van der Waals surface area contributed by atoms with E-state index < -0.39 is 12.0 Å². The van der Waals surface area contributed by atoms with Gasteiger partial charge in [0.15, 0.2) is 0 Å². The van der Waals surface area contributed by atoms with Crippen molar-refractivity contribution in [3.63, 3.8) is 0 Å². The first kappa shape index (κ1) is 13.0. The van der Waals surface area contributed by atoms with Crippen molar-refractivity contribution < 1.29 is 14.7 Å². The fraction of sp³-hybridized carbons (Fsp3) is 0.364. The second-order valence-corrected chi connectivity index (χ2v) is 5.54. The third kappa shape index (κ3) is 1.86. The summed E-state index contributed by atoms with van der Waals surface area (Å²) >= 11 is 1.50. The maximum atomic E-state index is 12.2. The molecule has 0 aliphatic carbocycles. The van der Waals surface area contributed by atoms with Crippen molar-refractivity contribution in [3.05, 3.63) is 23.7 Å². The number of nitrogens with one attached hydrogen (secondary N) is 2. The number of fused-ring (bicyclic) bond motifs is 1. The number of hydrogen-bond acceptors (Lipinski definition) is 6. The fourth-order valence-electron chi connectivity index (χ4n) is 2.33. The standard InChI is InChI=1S/C11H13N5O3S/c12-3-5-4-20-9-6(15-11-13-1-2-14-11)8(17)16(9)7(5)10(18)19/h1-2,6,9H,3-4,12H2,(H,18,19)(H2,13,14,15)/t6?,9-/m1/s1. The highest BCUT2D eigenvalue weighted by Crippen LogP contribution is 2.40. The number of β-lactam (4-membered cyclic amide) rings is 1. The van der Waals surface area contributed by atoms with Crippen molar-refractivity contribution in [2.24, 2.45) is 5.73 Å². The van der Waals surface area contributed by atoms with Crippen molar-refractivity contribution in [1.29, 1.82) is 0 Å². The average Bonchev–Trinajstić information content (AvgIpc) is 2.95. The monoisotopic (exact) mass is 295 g/mol. The molecule has 1 unspecified atom stereocenters. The van der Waals surface area contributed by atoms with Gasteiger partial charge in [-0.1, -0.05) is 0 Å². The minimum Gasteiger partial charge on any atom is -0.477 e. The van der Waals surface area contributed by atoms with E-state index in [9.17, 15) is 14.7 Å². The van der Waals surface area contributed by atoms with E-state index in [0.717, 1.165) is 0 Å². The molecule has 9 heteroatoms. The number of nitrogens with two attached hydrogens (primary N) is 1. The number of carboxylic acid groups (broad SMARTS) is 1. The first-order valence-electron chi connectivity index (χ1n) is 5.99. The predicted molar refractivity (Wildman–Crippen MR) is 72.8 cm³/mol. The summed E-state index contributed by atoms with van der Waals surface area (Å²) in [6.07, 6.45) is 3.22. The van der Waals surface area contributed by atoms with Crippen molar-refractivity contribution >= 4 is 29.6 Å². The Morgan fingerprint density at radius 2 is 2.50 bits per heavy atom. The summed E-state index contributed by atoms with van der Waals surface area (Å²) in [6, 6.07) is -0.472. The number of H-pyrrole nitrogens is 1. The Hall–Kier alpha value is -2.00. The summed E-state index contributed by atoms with van der Waals surface area (Å²) in [6.45, 7) is 0.140. The molecule has 5 N–H and O–H groups in total. The van der Waals surface area contributed by atoms with Crippen LogP contribution in [-0.2, 0) is 9.59 Å². The maximum absolute atomic E-state index is 12.2. The molecule has 0 spiro atoms. The molecule has 2 aliphatic rings. The number of amides is 1. The Balaban J connectivity index is 1.83. The Morgan fingerprint density at radius 3 is 3.10 bits per heavy atom. The van der Waals surface area contributed by atoms with Crippen LogP contribution < -0.4 is 11.1 Å². The number of rotatable bonds is 4. The highest BCUT2D eigenvalue weighted by Gasteiger charge is 2.53. The van der Waals surface area contributed by atoms with Crippen LogP contribution in [0.4, 0.5) is 5.95 Å². The highest BCUT2D eigenvalue weighted by molar-refractivity contribution is 8.00. The maximum Gasteiger partial charge on any atom is 0.352 e. The number of aliphatic carboxylic acids is 1. The number of aromatic amines is 1. The third-order valence-corrected chi connectivity index (χ3v) is 4.63. The number of hydrogen-bond donors (Lipinski definition) is 4. The zero-order valence-electron chi connectivity index (χ0n) is 10.4. The molecule has 1 aromatic heterocycles. The topological polar surface area (TPSA) is 124 Å². The van der Waals surface area contributed by atoms with Gasteiger partial charge in [0.25, 0.3) is 5.91 Å². The molecule has 3 rings (SSSR count). The van der Waals surface area contributed by atoms with Crippen LogP contribution in [0.3, 0.4) is 0 Å². The molecule has 3 heterocycles. The quantitative estimate of drug-likeness (QED) is 0.547. The summed E-state index contributed by atoms with van der Waals surface area (Å²) in [5, 5.41) is 12.0. The molecular formula is C11H13N5O3S. The number of carboxylic acids is 1. The summed E-state index contributed by atoms with van der Waals surface area (Å²) in [7, 11) is 0. The summed E-state index contributed by atoms with van der Waals surface area (Å²) in [4.78, 5) is 31.7. The molecule has 0 saturated carbocycles. The molecule has 1 amide bonds. The van der Waals surface area contributed by atoms with Gasteiger partial charge in [-0.15, -0.1) is 11.8 Å².